The van der Waals surface area contributed by atoms with Gasteiger partial charge < -0.3 is 9.84 Å². The van der Waals surface area contributed by atoms with Crippen molar-refractivity contribution in [3.8, 4) is 0 Å². The zero-order chi connectivity index (χ0) is 8.98. The van der Waals surface area contributed by atoms with Gasteiger partial charge in [0.15, 0.2) is 0 Å². The fourth-order valence-electron chi connectivity index (χ4n) is 2.46. The van der Waals surface area contributed by atoms with E-state index in [-0.39, 0.29) is 17.3 Å². The second-order valence-corrected chi connectivity index (χ2v) is 5.20. The smallest absolute Gasteiger partial charge is 0.0749 e. The van der Waals surface area contributed by atoms with Crippen LogP contribution in [-0.4, -0.2) is 22.4 Å². The largest absolute Gasteiger partial charge is 0.393 e. The Morgan fingerprint density at radius 2 is 2.08 bits per heavy atom. The topological polar surface area (TPSA) is 29.5 Å². The van der Waals surface area contributed by atoms with Crippen LogP contribution < -0.4 is 0 Å². The molecule has 0 spiro atoms. The Labute approximate surface area is 73.9 Å². The van der Waals surface area contributed by atoms with Gasteiger partial charge in [-0.3, -0.25) is 0 Å². The number of aliphatic hydroxyl groups excluding tert-OH is 1. The zero-order valence-electron chi connectivity index (χ0n) is 8.13. The minimum Gasteiger partial charge on any atom is -0.393 e. The molecule has 12 heavy (non-hydrogen) atoms. The first-order chi connectivity index (χ1) is 5.43. The lowest BCUT2D eigenvalue weighted by Gasteiger charge is -2.26. The lowest BCUT2D eigenvalue weighted by Crippen LogP contribution is -2.28. The average Bonchev–Trinajstić information content (AvgIpc) is 2.49. The van der Waals surface area contributed by atoms with Gasteiger partial charge in [-0.2, -0.15) is 0 Å². The van der Waals surface area contributed by atoms with E-state index in [4.69, 9.17) is 4.74 Å². The number of rotatable bonds is 1. The average molecular weight is 170 g/mol. The molecule has 3 unspecified atom stereocenters. The second-order valence-electron chi connectivity index (χ2n) is 5.20. The van der Waals surface area contributed by atoms with Crippen LogP contribution in [0, 0.1) is 5.92 Å². The van der Waals surface area contributed by atoms with Gasteiger partial charge in [0, 0.05) is 5.92 Å². The molecule has 2 saturated carbocycles. The molecule has 2 heteroatoms. The molecule has 0 aromatic heterocycles. The predicted molar refractivity (Wildman–Crippen MR) is 46.9 cm³/mol. The highest BCUT2D eigenvalue weighted by Gasteiger charge is 2.63. The van der Waals surface area contributed by atoms with E-state index in [0.717, 1.165) is 19.3 Å². The van der Waals surface area contributed by atoms with Crippen LogP contribution >= 0.6 is 0 Å². The highest BCUT2D eigenvalue weighted by molar-refractivity contribution is 5.14. The van der Waals surface area contributed by atoms with E-state index < -0.39 is 0 Å². The first-order valence-corrected chi connectivity index (χ1v) is 4.81. The number of hydrogen-bond acceptors (Lipinski definition) is 2. The van der Waals surface area contributed by atoms with Gasteiger partial charge in [-0.1, -0.05) is 0 Å². The third-order valence-corrected chi connectivity index (χ3v) is 2.92. The van der Waals surface area contributed by atoms with E-state index in [1.54, 1.807) is 0 Å². The summed E-state index contributed by atoms with van der Waals surface area (Å²) in [6.07, 6.45) is 2.97. The van der Waals surface area contributed by atoms with Gasteiger partial charge in [-0.15, -0.1) is 0 Å². The van der Waals surface area contributed by atoms with Gasteiger partial charge in [-0.25, -0.2) is 0 Å². The van der Waals surface area contributed by atoms with Gasteiger partial charge >= 0.3 is 0 Å². The lowest BCUT2D eigenvalue weighted by molar-refractivity contribution is -0.0807. The van der Waals surface area contributed by atoms with E-state index in [9.17, 15) is 5.11 Å². The quantitative estimate of drug-likeness (QED) is 0.649. The van der Waals surface area contributed by atoms with E-state index in [1.165, 1.54) is 0 Å². The molecule has 2 fully saturated rings. The maximum atomic E-state index is 9.52. The van der Waals surface area contributed by atoms with Crippen molar-refractivity contribution in [1.82, 2.24) is 0 Å². The van der Waals surface area contributed by atoms with Crippen LogP contribution in [0.3, 0.4) is 0 Å². The summed E-state index contributed by atoms with van der Waals surface area (Å²) in [5, 5.41) is 9.52. The summed E-state index contributed by atoms with van der Waals surface area (Å²) >= 11 is 0. The summed E-state index contributed by atoms with van der Waals surface area (Å²) in [6, 6.07) is 0. The molecule has 2 rings (SSSR count). The Kier molecular flexibility index (Phi) is 1.59. The van der Waals surface area contributed by atoms with Crippen molar-refractivity contribution in [1.29, 1.82) is 0 Å². The SMILES string of the molecule is CC(C)(C)OC12CCC(O)C1C2. The molecule has 0 saturated heterocycles. The van der Waals surface area contributed by atoms with Crippen LogP contribution in [0.2, 0.25) is 0 Å². The van der Waals surface area contributed by atoms with Crippen molar-refractivity contribution < 1.29 is 9.84 Å². The number of fused-ring (bicyclic) bond motifs is 1. The molecule has 0 radical (unpaired) electrons. The first-order valence-electron chi connectivity index (χ1n) is 4.81. The molecule has 2 aliphatic carbocycles. The van der Waals surface area contributed by atoms with Crippen molar-refractivity contribution in [2.45, 2.75) is 57.3 Å². The summed E-state index contributed by atoms with van der Waals surface area (Å²) in [4.78, 5) is 0. The van der Waals surface area contributed by atoms with Crippen molar-refractivity contribution in [2.24, 2.45) is 5.92 Å². The minimum absolute atomic E-state index is 0.0567. The molecule has 0 heterocycles. The lowest BCUT2D eigenvalue weighted by atomic mass is 10.1. The molecule has 0 aromatic carbocycles. The van der Waals surface area contributed by atoms with E-state index in [1.807, 2.05) is 0 Å². The fourth-order valence-corrected chi connectivity index (χ4v) is 2.46. The van der Waals surface area contributed by atoms with Crippen LogP contribution in [0.25, 0.3) is 0 Å². The first kappa shape index (κ1) is 8.52. The third kappa shape index (κ3) is 1.27. The summed E-state index contributed by atoms with van der Waals surface area (Å²) in [5.41, 5.74) is 0.0104. The van der Waals surface area contributed by atoms with Gasteiger partial charge in [0.05, 0.1) is 17.3 Å². The minimum atomic E-state index is -0.0904. The van der Waals surface area contributed by atoms with Crippen LogP contribution in [-0.2, 0) is 4.74 Å². The maximum absolute atomic E-state index is 9.52. The molecule has 0 amide bonds. The van der Waals surface area contributed by atoms with Gasteiger partial charge in [-0.05, 0) is 40.0 Å². The maximum Gasteiger partial charge on any atom is 0.0749 e. The highest BCUT2D eigenvalue weighted by Crippen LogP contribution is 2.59. The van der Waals surface area contributed by atoms with E-state index in [0.29, 0.717) is 5.92 Å². The normalized spacial score (nSPS) is 46.0. The molecular weight excluding hydrogens is 152 g/mol. The van der Waals surface area contributed by atoms with Crippen molar-refractivity contribution in [3.05, 3.63) is 0 Å². The van der Waals surface area contributed by atoms with E-state index in [2.05, 4.69) is 20.8 Å². The van der Waals surface area contributed by atoms with Crippen LogP contribution in [0.4, 0.5) is 0 Å². The molecule has 3 atom stereocenters. The molecular formula is C10H18O2. The summed E-state index contributed by atoms with van der Waals surface area (Å²) < 4.78 is 5.97. The van der Waals surface area contributed by atoms with Gasteiger partial charge in [0.1, 0.15) is 0 Å². The Morgan fingerprint density at radius 3 is 2.42 bits per heavy atom. The van der Waals surface area contributed by atoms with Crippen molar-refractivity contribution in [3.63, 3.8) is 0 Å². The number of hydrogen-bond donors (Lipinski definition) is 1. The number of ether oxygens (including phenoxy) is 1. The van der Waals surface area contributed by atoms with Crippen LogP contribution in [0.15, 0.2) is 0 Å². The molecule has 0 aliphatic heterocycles. The Bertz CT molecular complexity index is 195. The Balaban J connectivity index is 1.99. The van der Waals surface area contributed by atoms with Crippen LogP contribution in [0.5, 0.6) is 0 Å². The molecule has 2 aliphatic rings. The molecule has 1 N–H and O–H groups in total. The molecule has 0 bridgehead atoms. The molecule has 2 nitrogen and oxygen atoms in total. The second kappa shape index (κ2) is 2.24. The highest BCUT2D eigenvalue weighted by atomic mass is 16.5. The third-order valence-electron chi connectivity index (χ3n) is 2.92. The van der Waals surface area contributed by atoms with Crippen molar-refractivity contribution >= 4 is 0 Å². The standard InChI is InChI=1S/C10H18O2/c1-9(2,3)12-10-5-4-8(11)7(10)6-10/h7-8,11H,4-6H2,1-3H3. The van der Waals surface area contributed by atoms with Crippen LogP contribution in [0.1, 0.15) is 40.0 Å². The van der Waals surface area contributed by atoms with Gasteiger partial charge in [0.25, 0.3) is 0 Å². The van der Waals surface area contributed by atoms with Crippen molar-refractivity contribution in [2.75, 3.05) is 0 Å². The Hall–Kier alpha value is -0.0800. The molecule has 0 aromatic rings. The Morgan fingerprint density at radius 1 is 1.42 bits per heavy atom. The molecule has 70 valence electrons. The fraction of sp³-hybridized carbons (Fsp3) is 1.00. The van der Waals surface area contributed by atoms with Gasteiger partial charge in [0.2, 0.25) is 0 Å². The number of aliphatic hydroxyl groups is 1. The summed E-state index contributed by atoms with van der Waals surface area (Å²) in [6.45, 7) is 6.26. The monoisotopic (exact) mass is 170 g/mol. The summed E-state index contributed by atoms with van der Waals surface area (Å²) in [5.74, 6) is 0.441. The predicted octanol–water partition coefficient (Wildman–Crippen LogP) is 1.71. The van der Waals surface area contributed by atoms with E-state index >= 15 is 0 Å². The zero-order valence-corrected chi connectivity index (χ0v) is 8.13. The summed E-state index contributed by atoms with van der Waals surface area (Å²) in [7, 11) is 0.